The second kappa shape index (κ2) is 7.90. The van der Waals surface area contributed by atoms with Crippen LogP contribution in [0.25, 0.3) is 0 Å². The van der Waals surface area contributed by atoms with Gasteiger partial charge in [-0.1, -0.05) is 26.3 Å². The number of unbranched alkanes of at least 4 members (excludes halogenated alkanes) is 1. The summed E-state index contributed by atoms with van der Waals surface area (Å²) in [5, 5.41) is 0. The predicted molar refractivity (Wildman–Crippen MR) is 70.0 cm³/mol. The third kappa shape index (κ3) is 5.84. The van der Waals surface area contributed by atoms with Crippen LogP contribution in [0.4, 0.5) is 0 Å². The lowest BCUT2D eigenvalue weighted by Gasteiger charge is -2.23. The summed E-state index contributed by atoms with van der Waals surface area (Å²) in [6.07, 6.45) is 3.69. The lowest BCUT2D eigenvalue weighted by Crippen LogP contribution is -2.34. The van der Waals surface area contributed by atoms with Gasteiger partial charge >= 0.3 is 11.9 Å². The Hall–Kier alpha value is -1.32. The lowest BCUT2D eigenvalue weighted by atomic mass is 10.0. The van der Waals surface area contributed by atoms with Crippen molar-refractivity contribution in [3.8, 4) is 0 Å². The van der Waals surface area contributed by atoms with E-state index < -0.39 is 23.5 Å². The van der Waals surface area contributed by atoms with Crippen LogP contribution in [0.5, 0.6) is 0 Å². The van der Waals surface area contributed by atoms with Crippen molar-refractivity contribution in [2.45, 2.75) is 52.6 Å². The summed E-state index contributed by atoms with van der Waals surface area (Å²) in [5.41, 5.74) is -0.770. The molecule has 1 unspecified atom stereocenters. The van der Waals surface area contributed by atoms with Crippen LogP contribution in [0.1, 0.15) is 47.0 Å². The van der Waals surface area contributed by atoms with Gasteiger partial charge in [0.1, 0.15) is 5.60 Å². The maximum Gasteiger partial charge on any atom is 0.321 e. The Kier molecular flexibility index (Phi) is 7.32. The molecule has 0 saturated carbocycles. The summed E-state index contributed by atoms with van der Waals surface area (Å²) in [5.74, 6) is -1.87. The highest BCUT2D eigenvalue weighted by molar-refractivity contribution is 5.95. The molecular formula is C14H24O4. The van der Waals surface area contributed by atoms with Crippen molar-refractivity contribution in [1.82, 2.24) is 0 Å². The first kappa shape index (κ1) is 16.7. The Labute approximate surface area is 109 Å². The van der Waals surface area contributed by atoms with Crippen molar-refractivity contribution in [3.05, 3.63) is 12.7 Å². The number of hydrogen-bond donors (Lipinski definition) is 0. The first-order valence-corrected chi connectivity index (χ1v) is 6.41. The quantitative estimate of drug-likeness (QED) is 0.380. The largest absolute Gasteiger partial charge is 0.465 e. The summed E-state index contributed by atoms with van der Waals surface area (Å²) in [7, 11) is 0. The minimum atomic E-state index is -0.830. The highest BCUT2D eigenvalue weighted by atomic mass is 16.6. The second-order valence-corrected chi connectivity index (χ2v) is 4.68. The summed E-state index contributed by atoms with van der Waals surface area (Å²) in [6, 6.07) is 0. The van der Waals surface area contributed by atoms with E-state index in [2.05, 4.69) is 6.58 Å². The van der Waals surface area contributed by atoms with Gasteiger partial charge in [0.2, 0.25) is 0 Å². The van der Waals surface area contributed by atoms with E-state index in [4.69, 9.17) is 9.47 Å². The molecule has 0 aliphatic heterocycles. The van der Waals surface area contributed by atoms with Crippen LogP contribution in [-0.2, 0) is 19.1 Å². The average Bonchev–Trinajstić information content (AvgIpc) is 2.29. The van der Waals surface area contributed by atoms with Gasteiger partial charge in [0.15, 0.2) is 5.92 Å². The molecular weight excluding hydrogens is 232 g/mol. The predicted octanol–water partition coefficient (Wildman–Crippen LogP) is 2.86. The molecule has 0 amide bonds. The van der Waals surface area contributed by atoms with Gasteiger partial charge in [0, 0.05) is 0 Å². The van der Waals surface area contributed by atoms with E-state index >= 15 is 0 Å². The Morgan fingerprint density at radius 3 is 2.33 bits per heavy atom. The van der Waals surface area contributed by atoms with Gasteiger partial charge in [0.05, 0.1) is 6.61 Å². The Bertz CT molecular complexity index is 294. The molecule has 0 bridgehead atoms. The van der Waals surface area contributed by atoms with Crippen LogP contribution in [0, 0.1) is 5.92 Å². The smallest absolute Gasteiger partial charge is 0.321 e. The maximum absolute atomic E-state index is 12.0. The van der Waals surface area contributed by atoms with Crippen molar-refractivity contribution in [2.75, 3.05) is 6.61 Å². The monoisotopic (exact) mass is 256 g/mol. The highest BCUT2D eigenvalue weighted by Crippen LogP contribution is 2.18. The fraction of sp³-hybridized carbons (Fsp3) is 0.714. The number of carbonyl (C=O) groups excluding carboxylic acids is 2. The van der Waals surface area contributed by atoms with Gasteiger partial charge in [-0.05, 0) is 33.3 Å². The molecule has 0 saturated heterocycles. The van der Waals surface area contributed by atoms with Crippen LogP contribution in [-0.4, -0.2) is 24.1 Å². The molecule has 0 spiro atoms. The molecule has 0 N–H and O–H groups in total. The molecule has 4 nitrogen and oxygen atoms in total. The van der Waals surface area contributed by atoms with E-state index in [1.807, 2.05) is 6.92 Å². The van der Waals surface area contributed by atoms with E-state index in [9.17, 15) is 9.59 Å². The van der Waals surface area contributed by atoms with E-state index in [1.165, 1.54) is 6.08 Å². The summed E-state index contributed by atoms with van der Waals surface area (Å²) in [6.45, 7) is 11.0. The third-order valence-corrected chi connectivity index (χ3v) is 2.56. The van der Waals surface area contributed by atoms with Crippen molar-refractivity contribution in [1.29, 1.82) is 0 Å². The van der Waals surface area contributed by atoms with Crippen molar-refractivity contribution in [3.63, 3.8) is 0 Å². The molecule has 1 atom stereocenters. The maximum atomic E-state index is 12.0. The molecule has 104 valence electrons. The molecule has 18 heavy (non-hydrogen) atoms. The van der Waals surface area contributed by atoms with E-state index in [0.717, 1.165) is 12.8 Å². The van der Waals surface area contributed by atoms with E-state index in [-0.39, 0.29) is 6.61 Å². The fourth-order valence-electron chi connectivity index (χ4n) is 1.36. The number of carbonyl (C=O) groups is 2. The zero-order valence-corrected chi connectivity index (χ0v) is 11.8. The Balaban J connectivity index is 4.68. The van der Waals surface area contributed by atoms with Crippen LogP contribution >= 0.6 is 0 Å². The van der Waals surface area contributed by atoms with Crippen LogP contribution in [0.3, 0.4) is 0 Å². The Morgan fingerprint density at radius 2 is 1.89 bits per heavy atom. The molecule has 0 fully saturated rings. The SMILES string of the molecule is C=CC(C)(C)OC(=O)C(CCCC)C(=O)OCC. The van der Waals surface area contributed by atoms with E-state index in [0.29, 0.717) is 6.42 Å². The zero-order chi connectivity index (χ0) is 14.2. The van der Waals surface area contributed by atoms with Gasteiger partial charge in [-0.25, -0.2) is 0 Å². The molecule has 0 aromatic heterocycles. The third-order valence-electron chi connectivity index (χ3n) is 2.56. The molecule has 0 radical (unpaired) electrons. The fourth-order valence-corrected chi connectivity index (χ4v) is 1.36. The lowest BCUT2D eigenvalue weighted by molar-refractivity contribution is -0.167. The first-order valence-electron chi connectivity index (χ1n) is 6.41. The van der Waals surface area contributed by atoms with Gasteiger partial charge in [0.25, 0.3) is 0 Å². The summed E-state index contributed by atoms with van der Waals surface area (Å²) in [4.78, 5) is 23.7. The van der Waals surface area contributed by atoms with Gasteiger partial charge in [-0.15, -0.1) is 0 Å². The van der Waals surface area contributed by atoms with Crippen molar-refractivity contribution in [2.24, 2.45) is 5.92 Å². The van der Waals surface area contributed by atoms with Crippen LogP contribution < -0.4 is 0 Å². The van der Waals surface area contributed by atoms with Crippen LogP contribution in [0.2, 0.25) is 0 Å². The topological polar surface area (TPSA) is 52.6 Å². The van der Waals surface area contributed by atoms with Gasteiger partial charge < -0.3 is 9.47 Å². The zero-order valence-electron chi connectivity index (χ0n) is 11.8. The minimum Gasteiger partial charge on any atom is -0.465 e. The molecule has 0 aliphatic carbocycles. The van der Waals surface area contributed by atoms with Crippen LogP contribution in [0.15, 0.2) is 12.7 Å². The summed E-state index contributed by atoms with van der Waals surface area (Å²) < 4.78 is 10.2. The Morgan fingerprint density at radius 1 is 1.28 bits per heavy atom. The molecule has 0 heterocycles. The minimum absolute atomic E-state index is 0.263. The molecule has 4 heteroatoms. The average molecular weight is 256 g/mol. The van der Waals surface area contributed by atoms with Gasteiger partial charge in [-0.2, -0.15) is 0 Å². The molecule has 0 aromatic rings. The molecule has 0 aromatic carbocycles. The number of rotatable bonds is 8. The second-order valence-electron chi connectivity index (χ2n) is 4.68. The normalized spacial score (nSPS) is 12.7. The highest BCUT2D eigenvalue weighted by Gasteiger charge is 2.32. The van der Waals surface area contributed by atoms with Gasteiger partial charge in [-0.3, -0.25) is 9.59 Å². The van der Waals surface area contributed by atoms with Crippen molar-refractivity contribution >= 4 is 11.9 Å². The number of ether oxygens (including phenoxy) is 2. The molecule has 0 rings (SSSR count). The van der Waals surface area contributed by atoms with Crippen molar-refractivity contribution < 1.29 is 19.1 Å². The molecule has 0 aliphatic rings. The number of hydrogen-bond acceptors (Lipinski definition) is 4. The van der Waals surface area contributed by atoms with E-state index in [1.54, 1.807) is 20.8 Å². The summed E-state index contributed by atoms with van der Waals surface area (Å²) >= 11 is 0. The first-order chi connectivity index (χ1) is 8.37. The standard InChI is InChI=1S/C14H24O4/c1-6-9-10-11(12(15)17-8-3)13(16)18-14(4,5)7-2/h7,11H,2,6,8-10H2,1,3-5H3. The number of esters is 2.